The molecule has 4 N–H and O–H groups in total. The second kappa shape index (κ2) is 8.00. The number of ether oxygens (including phenoxy) is 1. The highest BCUT2D eigenvalue weighted by Gasteiger charge is 2.44. The van der Waals surface area contributed by atoms with Crippen molar-refractivity contribution >= 4 is 17.0 Å². The molecular weight excluding hydrogens is 426 g/mol. The molecule has 1 saturated heterocycles. The second-order valence-corrected chi connectivity index (χ2v) is 6.97. The molecule has 0 saturated carbocycles. The number of hydrogen-bond acceptors (Lipinski definition) is 8. The Morgan fingerprint density at radius 3 is 2.55 bits per heavy atom. The Morgan fingerprint density at radius 1 is 1.10 bits per heavy atom. The van der Waals surface area contributed by atoms with Crippen molar-refractivity contribution in [2.45, 2.75) is 37.3 Å². The van der Waals surface area contributed by atoms with Gasteiger partial charge in [0, 0.05) is 6.54 Å². The van der Waals surface area contributed by atoms with Crippen LogP contribution in [-0.2, 0) is 17.5 Å². The number of hydrogen-bond donors (Lipinski definition) is 4. The van der Waals surface area contributed by atoms with E-state index in [0.717, 1.165) is 18.5 Å². The fraction of sp³-hybridized carbons (Fsp3) is 0.389. The maximum absolute atomic E-state index is 13.6. The lowest BCUT2D eigenvalue weighted by Gasteiger charge is -2.16. The van der Waals surface area contributed by atoms with E-state index in [4.69, 9.17) is 4.74 Å². The molecule has 1 unspecified atom stereocenters. The van der Waals surface area contributed by atoms with E-state index in [9.17, 15) is 32.9 Å². The standard InChI is InChI=1S/C18H17F4N5O4/c19-10-2-8(1-9(3-10)18(20,21)22)4-23-15-12-16(25-6-24-15)27(7-26-12)17-14(30)13(29)11(5-28)31-17/h1-3,6-7,11,13-14,17,28-30H,4-5H2,(H,23,24,25)/t11-,13-,14-,17?/m1/s1. The average molecular weight is 443 g/mol. The first-order valence-corrected chi connectivity index (χ1v) is 9.09. The van der Waals surface area contributed by atoms with Gasteiger partial charge in [0.1, 0.15) is 30.5 Å². The number of nitrogens with one attached hydrogen (secondary N) is 1. The molecule has 0 radical (unpaired) electrons. The van der Waals surface area contributed by atoms with E-state index in [2.05, 4.69) is 20.3 Å². The molecule has 0 amide bonds. The summed E-state index contributed by atoms with van der Waals surface area (Å²) in [5.74, 6) is -0.860. The molecule has 0 spiro atoms. The lowest BCUT2D eigenvalue weighted by molar-refractivity contribution is -0.137. The molecule has 4 atom stereocenters. The number of aliphatic hydroxyl groups is 3. The van der Waals surface area contributed by atoms with Gasteiger partial charge in [-0.15, -0.1) is 0 Å². The van der Waals surface area contributed by atoms with Crippen LogP contribution in [0.5, 0.6) is 0 Å². The Kier molecular flexibility index (Phi) is 5.51. The van der Waals surface area contributed by atoms with E-state index >= 15 is 0 Å². The highest BCUT2D eigenvalue weighted by Crippen LogP contribution is 2.33. The van der Waals surface area contributed by atoms with Gasteiger partial charge in [0.25, 0.3) is 0 Å². The van der Waals surface area contributed by atoms with E-state index in [1.807, 2.05) is 0 Å². The van der Waals surface area contributed by atoms with Crippen LogP contribution in [0.4, 0.5) is 23.4 Å². The van der Waals surface area contributed by atoms with Gasteiger partial charge in [-0.3, -0.25) is 4.57 Å². The highest BCUT2D eigenvalue weighted by molar-refractivity contribution is 5.82. The first-order chi connectivity index (χ1) is 14.7. The summed E-state index contributed by atoms with van der Waals surface area (Å²) in [6.07, 6.45) is -6.97. The van der Waals surface area contributed by atoms with Crippen molar-refractivity contribution < 1.29 is 37.6 Å². The zero-order valence-electron chi connectivity index (χ0n) is 15.7. The Hall–Kier alpha value is -2.87. The number of rotatable bonds is 5. The number of fused-ring (bicyclic) bond motifs is 1. The van der Waals surface area contributed by atoms with Gasteiger partial charge in [-0.1, -0.05) is 0 Å². The SMILES string of the molecule is OC[C@H]1OC(n2cnc3c(NCc4cc(F)cc(C(F)(F)F)c4)ncnc32)[C@H](O)[C@@H]1O. The molecule has 166 valence electrons. The summed E-state index contributed by atoms with van der Waals surface area (Å²) < 4.78 is 59.1. The third-order valence-electron chi connectivity index (χ3n) is 4.89. The van der Waals surface area contributed by atoms with E-state index in [-0.39, 0.29) is 29.1 Å². The number of aromatic nitrogens is 4. The minimum absolute atomic E-state index is 0.0435. The topological polar surface area (TPSA) is 126 Å². The predicted octanol–water partition coefficient (Wildman–Crippen LogP) is 1.21. The average Bonchev–Trinajstić information content (AvgIpc) is 3.27. The number of halogens is 4. The summed E-state index contributed by atoms with van der Waals surface area (Å²) in [7, 11) is 0. The summed E-state index contributed by atoms with van der Waals surface area (Å²) in [6, 6.07) is 2.21. The fourth-order valence-electron chi connectivity index (χ4n) is 3.38. The lowest BCUT2D eigenvalue weighted by atomic mass is 10.1. The van der Waals surface area contributed by atoms with Gasteiger partial charge in [0.2, 0.25) is 0 Å². The van der Waals surface area contributed by atoms with Crippen LogP contribution in [0, 0.1) is 5.82 Å². The van der Waals surface area contributed by atoms with Crippen molar-refractivity contribution in [1.82, 2.24) is 19.5 Å². The molecule has 3 aromatic rings. The normalized spacial score (nSPS) is 24.1. The maximum Gasteiger partial charge on any atom is 0.416 e. The van der Waals surface area contributed by atoms with Gasteiger partial charge in [0.15, 0.2) is 23.2 Å². The molecule has 0 aliphatic carbocycles. The summed E-state index contributed by atoms with van der Waals surface area (Å²) in [5, 5.41) is 32.2. The second-order valence-electron chi connectivity index (χ2n) is 6.97. The van der Waals surface area contributed by atoms with E-state index < -0.39 is 48.7 Å². The van der Waals surface area contributed by atoms with Crippen LogP contribution in [0.25, 0.3) is 11.2 Å². The van der Waals surface area contributed by atoms with Crippen molar-refractivity contribution in [3.8, 4) is 0 Å². The Morgan fingerprint density at radius 2 is 1.87 bits per heavy atom. The van der Waals surface area contributed by atoms with Crippen molar-refractivity contribution in [3.63, 3.8) is 0 Å². The first kappa shape index (κ1) is 21.4. The molecule has 2 aromatic heterocycles. The number of anilines is 1. The smallest absolute Gasteiger partial charge is 0.394 e. The number of aliphatic hydroxyl groups excluding tert-OH is 3. The summed E-state index contributed by atoms with van der Waals surface area (Å²) in [6.45, 7) is -0.676. The van der Waals surface area contributed by atoms with Gasteiger partial charge in [-0.25, -0.2) is 19.3 Å². The zero-order chi connectivity index (χ0) is 22.3. The molecule has 3 heterocycles. The van der Waals surface area contributed by atoms with Crippen LogP contribution in [0.1, 0.15) is 17.4 Å². The highest BCUT2D eigenvalue weighted by atomic mass is 19.4. The summed E-state index contributed by atoms with van der Waals surface area (Å²) in [4.78, 5) is 12.2. The van der Waals surface area contributed by atoms with Crippen LogP contribution < -0.4 is 5.32 Å². The molecular formula is C18H17F4N5O4. The third kappa shape index (κ3) is 4.04. The van der Waals surface area contributed by atoms with Gasteiger partial charge in [-0.2, -0.15) is 13.2 Å². The molecule has 0 bridgehead atoms. The van der Waals surface area contributed by atoms with Gasteiger partial charge >= 0.3 is 6.18 Å². The quantitative estimate of drug-likeness (QED) is 0.434. The molecule has 13 heteroatoms. The molecule has 4 rings (SSSR count). The Labute approximate surface area is 172 Å². The number of imidazole rings is 1. The van der Waals surface area contributed by atoms with Crippen molar-refractivity contribution in [2.24, 2.45) is 0 Å². The predicted molar refractivity (Wildman–Crippen MR) is 97.1 cm³/mol. The maximum atomic E-state index is 13.6. The first-order valence-electron chi connectivity index (χ1n) is 9.09. The Balaban J connectivity index is 1.59. The third-order valence-corrected chi connectivity index (χ3v) is 4.89. The monoisotopic (exact) mass is 443 g/mol. The van der Waals surface area contributed by atoms with E-state index in [1.165, 1.54) is 10.9 Å². The van der Waals surface area contributed by atoms with Crippen LogP contribution >= 0.6 is 0 Å². The van der Waals surface area contributed by atoms with Gasteiger partial charge < -0.3 is 25.4 Å². The lowest BCUT2D eigenvalue weighted by Crippen LogP contribution is -2.33. The number of nitrogens with zero attached hydrogens (tertiary/aromatic N) is 4. The summed E-state index contributed by atoms with van der Waals surface area (Å²) in [5.41, 5.74) is -0.636. The molecule has 31 heavy (non-hydrogen) atoms. The van der Waals surface area contributed by atoms with E-state index in [1.54, 1.807) is 0 Å². The van der Waals surface area contributed by atoms with Crippen LogP contribution in [0.15, 0.2) is 30.9 Å². The van der Waals surface area contributed by atoms with E-state index in [0.29, 0.717) is 6.07 Å². The van der Waals surface area contributed by atoms with Crippen LogP contribution in [0.2, 0.25) is 0 Å². The van der Waals surface area contributed by atoms with Crippen molar-refractivity contribution in [2.75, 3.05) is 11.9 Å². The van der Waals surface area contributed by atoms with Crippen molar-refractivity contribution in [3.05, 3.63) is 47.8 Å². The summed E-state index contributed by atoms with van der Waals surface area (Å²) >= 11 is 0. The van der Waals surface area contributed by atoms with Crippen LogP contribution in [0.3, 0.4) is 0 Å². The Bertz CT molecular complexity index is 1090. The molecule has 9 nitrogen and oxygen atoms in total. The fourth-order valence-corrected chi connectivity index (χ4v) is 3.38. The van der Waals surface area contributed by atoms with Gasteiger partial charge in [-0.05, 0) is 23.8 Å². The zero-order valence-corrected chi connectivity index (χ0v) is 15.7. The molecule has 1 aromatic carbocycles. The molecule has 1 aliphatic heterocycles. The largest absolute Gasteiger partial charge is 0.416 e. The number of benzene rings is 1. The minimum atomic E-state index is -4.68. The van der Waals surface area contributed by atoms with Gasteiger partial charge in [0.05, 0.1) is 18.5 Å². The number of alkyl halides is 3. The molecule has 1 fully saturated rings. The van der Waals surface area contributed by atoms with Crippen LogP contribution in [-0.4, -0.2) is 59.8 Å². The minimum Gasteiger partial charge on any atom is -0.394 e. The van der Waals surface area contributed by atoms with Crippen molar-refractivity contribution in [1.29, 1.82) is 0 Å². The molecule has 1 aliphatic rings.